The molecule has 0 aliphatic rings. The minimum atomic E-state index is -2.29. The van der Waals surface area contributed by atoms with E-state index >= 15 is 0 Å². The molecule has 0 N–H and O–H groups in total. The first-order valence-corrected chi connectivity index (χ1v) is 21.6. The number of fused-ring (bicyclic) bond motifs is 5. The molecule has 0 amide bonds. The van der Waals surface area contributed by atoms with Crippen molar-refractivity contribution in [1.29, 1.82) is 0 Å². The average molecular weight is 1030 g/mol. The summed E-state index contributed by atoms with van der Waals surface area (Å²) in [6, 6.07) is 53.2. The molecule has 10 aromatic rings. The number of para-hydroxylation sites is 1. The van der Waals surface area contributed by atoms with Crippen LogP contribution in [0.3, 0.4) is 0 Å². The van der Waals surface area contributed by atoms with Gasteiger partial charge in [-0.1, -0.05) is 187 Å². The third-order valence-corrected chi connectivity index (χ3v) is 11.3. The van der Waals surface area contributed by atoms with E-state index in [1.165, 1.54) is 6.07 Å². The van der Waals surface area contributed by atoms with E-state index in [2.05, 4.69) is 46.4 Å². The summed E-state index contributed by atoms with van der Waals surface area (Å²) >= 11 is 0. The molecule has 0 unspecified atom stereocenters. The zero-order valence-corrected chi connectivity index (χ0v) is 40.1. The van der Waals surface area contributed by atoms with Gasteiger partial charge < -0.3 is 14.0 Å². The third-order valence-electron chi connectivity index (χ3n) is 11.3. The van der Waals surface area contributed by atoms with Crippen LogP contribution < -0.4 is 0 Å². The molecule has 65 heavy (non-hydrogen) atoms. The molecule has 0 saturated carbocycles. The van der Waals surface area contributed by atoms with E-state index in [1.807, 2.05) is 174 Å². The summed E-state index contributed by atoms with van der Waals surface area (Å²) < 4.78 is 67.1. The fraction of sp³-hybridized carbons (Fsp3) is 0.200. The first-order valence-electron chi connectivity index (χ1n) is 25.1. The number of pyridine rings is 1. The molecule has 0 atom stereocenters. The summed E-state index contributed by atoms with van der Waals surface area (Å²) in [5.41, 5.74) is 10.0. The summed E-state index contributed by atoms with van der Waals surface area (Å²) in [4.78, 5) is 9.26. The molecule has 0 spiro atoms. The molecule has 1 radical (unpaired) electrons. The van der Waals surface area contributed by atoms with Gasteiger partial charge in [-0.2, -0.15) is 0 Å². The number of benzene rings is 7. The van der Waals surface area contributed by atoms with Gasteiger partial charge in [0.1, 0.15) is 5.58 Å². The monoisotopic (exact) mass is 1030 g/mol. The first kappa shape index (κ1) is 36.9. The summed E-state index contributed by atoms with van der Waals surface area (Å²) in [5.74, 6) is -1.26. The van der Waals surface area contributed by atoms with Crippen molar-refractivity contribution < 1.29 is 34.1 Å². The summed E-state index contributed by atoms with van der Waals surface area (Å²) in [5, 5.41) is 4.37. The van der Waals surface area contributed by atoms with E-state index in [0.717, 1.165) is 77.5 Å². The van der Waals surface area contributed by atoms with Crippen LogP contribution in [-0.4, -0.2) is 14.5 Å². The number of rotatable bonds is 8. The number of hydrogen-bond donors (Lipinski definition) is 0. The molecule has 0 aliphatic heterocycles. The zero-order chi connectivity index (χ0) is 50.7. The fourth-order valence-electron chi connectivity index (χ4n) is 8.36. The Labute approximate surface area is 407 Å². The Kier molecular flexibility index (Phi) is 10.8. The van der Waals surface area contributed by atoms with E-state index in [0.29, 0.717) is 22.5 Å². The van der Waals surface area contributed by atoms with E-state index in [9.17, 15) is 0 Å². The molecule has 0 aliphatic carbocycles. The van der Waals surface area contributed by atoms with Gasteiger partial charge in [-0.15, -0.1) is 47.5 Å². The van der Waals surface area contributed by atoms with Gasteiger partial charge in [0.25, 0.3) is 0 Å². The van der Waals surface area contributed by atoms with Crippen LogP contribution in [0.4, 0.5) is 0 Å². The summed E-state index contributed by atoms with van der Waals surface area (Å²) in [7, 11) is 0. The van der Waals surface area contributed by atoms with Crippen molar-refractivity contribution in [1.82, 2.24) is 14.5 Å². The van der Waals surface area contributed by atoms with Crippen LogP contribution in [0.25, 0.3) is 83.3 Å². The average Bonchev–Trinajstić information content (AvgIpc) is 3.99. The maximum absolute atomic E-state index is 8.77. The standard InChI is InChI=1S/C32H26NO.C28H29N2.Ir/c1-32(2,3)20-21-11-13-22(14-12-21)24-17-18-33-29(19-24)28-10-6-9-26-27-16-15-23-7-4-5-8-25(23)30(27)34-31(26)28;1-19(2)24-12-9-13-25(20(3)4)27(24)30-17-16-29-28(30)23-15-14-21(5)26(18-23)22-10-7-6-8-11-22;/h4-9,11-19H,20H2,1-3H3;6-14,16-20H,1-5H3;/q2*-1;/i20D2;5D3,19D,20D;. The van der Waals surface area contributed by atoms with Gasteiger partial charge >= 0.3 is 0 Å². The van der Waals surface area contributed by atoms with E-state index in [1.54, 1.807) is 12.4 Å². The second-order valence-corrected chi connectivity index (χ2v) is 17.6. The van der Waals surface area contributed by atoms with Crippen LogP contribution in [0.2, 0.25) is 0 Å². The van der Waals surface area contributed by atoms with Crippen molar-refractivity contribution >= 4 is 32.7 Å². The normalized spacial score (nSPS) is 13.9. The minimum absolute atomic E-state index is 0. The van der Waals surface area contributed by atoms with Crippen LogP contribution >= 0.6 is 0 Å². The molecule has 0 fully saturated rings. The van der Waals surface area contributed by atoms with Gasteiger partial charge in [-0.3, -0.25) is 4.98 Å². The van der Waals surface area contributed by atoms with Crippen molar-refractivity contribution in [2.45, 2.75) is 73.5 Å². The van der Waals surface area contributed by atoms with Crippen molar-refractivity contribution in [3.63, 3.8) is 0 Å². The Balaban J connectivity index is 0.000000190. The van der Waals surface area contributed by atoms with Gasteiger partial charge in [0, 0.05) is 64.8 Å². The molecule has 10 rings (SSSR count). The van der Waals surface area contributed by atoms with Crippen LogP contribution in [0.1, 0.15) is 92.1 Å². The largest absolute Gasteiger partial charge is 0.500 e. The second-order valence-electron chi connectivity index (χ2n) is 17.6. The molecular weight excluding hydrogens is 971 g/mol. The molecule has 327 valence electrons. The molecule has 3 aromatic heterocycles. The Morgan fingerprint density at radius 2 is 1.42 bits per heavy atom. The molecule has 0 bridgehead atoms. The molecule has 0 saturated heterocycles. The number of aryl methyl sites for hydroxylation is 1. The topological polar surface area (TPSA) is 43.9 Å². The maximum atomic E-state index is 8.77. The van der Waals surface area contributed by atoms with Crippen LogP contribution in [0, 0.1) is 24.4 Å². The number of nitrogens with zero attached hydrogens (tertiary/aromatic N) is 3. The smallest absolute Gasteiger partial charge is 0.128 e. The summed E-state index contributed by atoms with van der Waals surface area (Å²) in [6.07, 6.45) is 3.88. The molecule has 5 heteroatoms. The van der Waals surface area contributed by atoms with Crippen molar-refractivity contribution in [3.05, 3.63) is 199 Å². The minimum Gasteiger partial charge on any atom is -0.500 e. The summed E-state index contributed by atoms with van der Waals surface area (Å²) in [6.45, 7) is 10.8. The van der Waals surface area contributed by atoms with Gasteiger partial charge in [-0.25, -0.2) is 0 Å². The number of aromatic nitrogens is 3. The van der Waals surface area contributed by atoms with Crippen molar-refractivity contribution in [2.24, 2.45) is 5.41 Å². The van der Waals surface area contributed by atoms with Gasteiger partial charge in [-0.05, 0) is 74.1 Å². The number of furan rings is 1. The van der Waals surface area contributed by atoms with Crippen molar-refractivity contribution in [2.75, 3.05) is 0 Å². The van der Waals surface area contributed by atoms with E-state index in [-0.39, 0.29) is 25.7 Å². The third kappa shape index (κ3) is 9.41. The Hall–Kier alpha value is -6.39. The fourth-order valence-corrected chi connectivity index (χ4v) is 8.36. The number of imidazole rings is 1. The SMILES string of the molecule is [2H]C([2H])([2H])c1c[c-]c(-c2nccn2-c2c(C([2H])(C)C)cccc2C([2H])(C)C)cc1-c1ccccc1.[2H]C([2H])(c1ccc(-c2ccnc(-c3[c-]ccc4c3oc3c5ccccc5ccc43)c2)cc1)C(C)(C)C.[Ir]. The van der Waals surface area contributed by atoms with Crippen LogP contribution in [-0.2, 0) is 26.5 Å². The molecule has 3 heterocycles. The van der Waals surface area contributed by atoms with Gasteiger partial charge in [0.2, 0.25) is 0 Å². The Morgan fingerprint density at radius 3 is 2.14 bits per heavy atom. The van der Waals surface area contributed by atoms with E-state index < -0.39 is 30.4 Å². The second kappa shape index (κ2) is 19.0. The molecule has 4 nitrogen and oxygen atoms in total. The Morgan fingerprint density at radius 1 is 0.692 bits per heavy atom. The van der Waals surface area contributed by atoms with Gasteiger partial charge in [0.15, 0.2) is 0 Å². The van der Waals surface area contributed by atoms with Crippen LogP contribution in [0.5, 0.6) is 0 Å². The number of hydrogen-bond acceptors (Lipinski definition) is 3. The molecule has 7 aromatic carbocycles. The van der Waals surface area contributed by atoms with Gasteiger partial charge in [0.05, 0.1) is 11.4 Å². The predicted octanol–water partition coefficient (Wildman–Crippen LogP) is 16.4. The molecular formula is C60H55IrN3O-2. The van der Waals surface area contributed by atoms with Crippen molar-refractivity contribution in [3.8, 4) is 50.6 Å². The quantitative estimate of drug-likeness (QED) is 0.142. The zero-order valence-electron chi connectivity index (χ0n) is 44.7. The maximum Gasteiger partial charge on any atom is 0.128 e. The Bertz CT molecular complexity index is 3530. The predicted molar refractivity (Wildman–Crippen MR) is 268 cm³/mol. The van der Waals surface area contributed by atoms with Crippen LogP contribution in [0.15, 0.2) is 169 Å². The first-order chi connectivity index (χ1) is 33.5. The van der Waals surface area contributed by atoms with E-state index in [4.69, 9.17) is 14.0 Å².